The van der Waals surface area contributed by atoms with Crippen molar-refractivity contribution in [2.75, 3.05) is 6.54 Å². The zero-order chi connectivity index (χ0) is 13.4. The van der Waals surface area contributed by atoms with Gasteiger partial charge in [-0.2, -0.15) is 0 Å². The van der Waals surface area contributed by atoms with Gasteiger partial charge in [0.25, 0.3) is 0 Å². The first-order chi connectivity index (χ1) is 7.84. The fraction of sp³-hybridized carbons (Fsp3) is 0.727. The molecule has 0 unspecified atom stereocenters. The minimum absolute atomic E-state index is 0.0323. The Bertz CT molecular complexity index is 296. The molecule has 0 aromatic heterocycles. The van der Waals surface area contributed by atoms with Crippen molar-refractivity contribution < 1.29 is 9.59 Å². The molecule has 0 heterocycles. The van der Waals surface area contributed by atoms with Crippen molar-refractivity contribution in [3.8, 4) is 0 Å². The molecule has 0 bridgehead atoms. The van der Waals surface area contributed by atoms with Gasteiger partial charge < -0.3 is 16.8 Å². The summed E-state index contributed by atoms with van der Waals surface area (Å²) in [7, 11) is 0. The lowest BCUT2D eigenvalue weighted by molar-refractivity contribution is -0.128. The van der Waals surface area contributed by atoms with Crippen molar-refractivity contribution in [1.29, 1.82) is 0 Å². The van der Waals surface area contributed by atoms with Gasteiger partial charge in [0.05, 0.1) is 6.04 Å². The Hall–Kier alpha value is -1.59. The number of amides is 1. The van der Waals surface area contributed by atoms with E-state index in [2.05, 4.69) is 10.3 Å². The van der Waals surface area contributed by atoms with E-state index >= 15 is 0 Å². The number of aliphatic imine (C=N–C) groups is 1. The van der Waals surface area contributed by atoms with Gasteiger partial charge in [0, 0.05) is 19.4 Å². The number of nitrogens with two attached hydrogens (primary N) is 2. The summed E-state index contributed by atoms with van der Waals surface area (Å²) >= 11 is 0. The van der Waals surface area contributed by atoms with Gasteiger partial charge in [-0.3, -0.25) is 14.6 Å². The van der Waals surface area contributed by atoms with Gasteiger partial charge in [0.1, 0.15) is 0 Å². The average Bonchev–Trinajstić information content (AvgIpc) is 2.20. The molecule has 0 aliphatic rings. The molecule has 0 saturated carbocycles. The highest BCUT2D eigenvalue weighted by Crippen LogP contribution is 2.06. The molecule has 0 aliphatic carbocycles. The van der Waals surface area contributed by atoms with Crippen LogP contribution in [0.2, 0.25) is 0 Å². The second-order valence-corrected chi connectivity index (χ2v) is 4.26. The summed E-state index contributed by atoms with van der Waals surface area (Å²) < 4.78 is 0. The molecule has 98 valence electrons. The summed E-state index contributed by atoms with van der Waals surface area (Å²) in [5, 5.41) is 2.65. The molecule has 0 aliphatic heterocycles. The first kappa shape index (κ1) is 15.4. The van der Waals surface area contributed by atoms with Gasteiger partial charge in [-0.15, -0.1) is 0 Å². The van der Waals surface area contributed by atoms with Crippen molar-refractivity contribution in [2.24, 2.45) is 22.4 Å². The van der Waals surface area contributed by atoms with E-state index in [0.717, 1.165) is 0 Å². The third-order valence-corrected chi connectivity index (χ3v) is 2.24. The van der Waals surface area contributed by atoms with Crippen LogP contribution < -0.4 is 16.8 Å². The Morgan fingerprint density at radius 2 is 1.88 bits per heavy atom. The monoisotopic (exact) mass is 242 g/mol. The Labute approximate surface area is 102 Å². The van der Waals surface area contributed by atoms with E-state index < -0.39 is 6.04 Å². The number of nitrogens with zero attached hydrogens (tertiary/aromatic N) is 1. The van der Waals surface area contributed by atoms with Gasteiger partial charge in [-0.1, -0.05) is 13.8 Å². The Morgan fingerprint density at radius 1 is 1.29 bits per heavy atom. The van der Waals surface area contributed by atoms with Crippen molar-refractivity contribution >= 4 is 17.6 Å². The second kappa shape index (κ2) is 7.65. The Morgan fingerprint density at radius 3 is 2.29 bits per heavy atom. The van der Waals surface area contributed by atoms with Crippen LogP contribution >= 0.6 is 0 Å². The summed E-state index contributed by atoms with van der Waals surface area (Å²) in [6.45, 7) is 5.49. The predicted octanol–water partition coefficient (Wildman–Crippen LogP) is -0.230. The van der Waals surface area contributed by atoms with Gasteiger partial charge in [0.2, 0.25) is 5.91 Å². The molecule has 0 saturated heterocycles. The van der Waals surface area contributed by atoms with Crippen LogP contribution in [0.3, 0.4) is 0 Å². The quantitative estimate of drug-likeness (QED) is 0.325. The minimum Gasteiger partial charge on any atom is -0.370 e. The number of carbonyl (C=O) groups is 2. The predicted molar refractivity (Wildman–Crippen MR) is 67.4 cm³/mol. The van der Waals surface area contributed by atoms with E-state index in [4.69, 9.17) is 11.5 Å². The minimum atomic E-state index is -0.443. The highest BCUT2D eigenvalue weighted by atomic mass is 16.2. The molecule has 0 spiro atoms. The van der Waals surface area contributed by atoms with E-state index in [1.807, 2.05) is 13.8 Å². The summed E-state index contributed by atoms with van der Waals surface area (Å²) in [6, 6.07) is -0.443. The van der Waals surface area contributed by atoms with Gasteiger partial charge in [0.15, 0.2) is 11.7 Å². The van der Waals surface area contributed by atoms with Gasteiger partial charge in [-0.25, -0.2) is 0 Å². The zero-order valence-corrected chi connectivity index (χ0v) is 10.7. The molecule has 6 heteroatoms. The molecule has 0 aromatic rings. The zero-order valence-electron chi connectivity index (χ0n) is 10.7. The summed E-state index contributed by atoms with van der Waals surface area (Å²) in [5.41, 5.74) is 10.4. The van der Waals surface area contributed by atoms with Crippen LogP contribution in [-0.4, -0.2) is 30.2 Å². The number of guanidine groups is 1. The van der Waals surface area contributed by atoms with Crippen LogP contribution in [0.15, 0.2) is 4.99 Å². The van der Waals surface area contributed by atoms with Gasteiger partial charge >= 0.3 is 0 Å². The van der Waals surface area contributed by atoms with Crippen molar-refractivity contribution in [3.63, 3.8) is 0 Å². The number of carbonyl (C=O) groups excluding carboxylic acids is 2. The molecule has 0 radical (unpaired) electrons. The topological polar surface area (TPSA) is 111 Å². The second-order valence-electron chi connectivity index (χ2n) is 4.26. The number of rotatable bonds is 7. The lowest BCUT2D eigenvalue weighted by atomic mass is 9.98. The van der Waals surface area contributed by atoms with Crippen molar-refractivity contribution in [3.05, 3.63) is 0 Å². The fourth-order valence-electron chi connectivity index (χ4n) is 1.44. The van der Waals surface area contributed by atoms with Crippen LogP contribution in [0.25, 0.3) is 0 Å². The summed E-state index contributed by atoms with van der Waals surface area (Å²) in [6.07, 6.45) is 1.20. The molecule has 17 heavy (non-hydrogen) atoms. The molecule has 0 fully saturated rings. The maximum Gasteiger partial charge on any atom is 0.217 e. The smallest absolute Gasteiger partial charge is 0.217 e. The first-order valence-corrected chi connectivity index (χ1v) is 5.70. The standard InChI is InChI=1S/C11H22N4O2/c1-7(2)10(17)9(15-8(3)16)5-4-6-14-11(12)13/h7,9H,4-6H2,1-3H3,(H,15,16)(H4,12,13,14)/t9-/m0/s1. The van der Waals surface area contributed by atoms with E-state index in [-0.39, 0.29) is 23.6 Å². The van der Waals surface area contributed by atoms with Crippen molar-refractivity contribution in [2.45, 2.75) is 39.7 Å². The molecule has 0 aromatic carbocycles. The average molecular weight is 242 g/mol. The molecule has 6 nitrogen and oxygen atoms in total. The maximum atomic E-state index is 11.8. The van der Waals surface area contributed by atoms with E-state index in [1.54, 1.807) is 0 Å². The maximum absolute atomic E-state index is 11.8. The normalized spacial score (nSPS) is 12.0. The van der Waals surface area contributed by atoms with Gasteiger partial charge in [-0.05, 0) is 12.8 Å². The molecule has 0 rings (SSSR count). The molecule has 5 N–H and O–H groups in total. The first-order valence-electron chi connectivity index (χ1n) is 5.70. The van der Waals surface area contributed by atoms with Crippen LogP contribution in [0, 0.1) is 5.92 Å². The number of hydrogen-bond donors (Lipinski definition) is 3. The lowest BCUT2D eigenvalue weighted by Gasteiger charge is -2.18. The van der Waals surface area contributed by atoms with Crippen LogP contribution in [0.1, 0.15) is 33.6 Å². The lowest BCUT2D eigenvalue weighted by Crippen LogP contribution is -2.41. The van der Waals surface area contributed by atoms with Crippen LogP contribution in [0.5, 0.6) is 0 Å². The summed E-state index contributed by atoms with van der Waals surface area (Å²) in [4.78, 5) is 26.6. The SMILES string of the molecule is CC(=O)N[C@@H](CCCN=C(N)N)C(=O)C(C)C. The third kappa shape index (κ3) is 7.32. The largest absolute Gasteiger partial charge is 0.370 e. The number of hydrogen-bond acceptors (Lipinski definition) is 3. The van der Waals surface area contributed by atoms with E-state index in [9.17, 15) is 9.59 Å². The Kier molecular flexibility index (Phi) is 6.93. The van der Waals surface area contributed by atoms with Crippen LogP contribution in [0.4, 0.5) is 0 Å². The highest BCUT2D eigenvalue weighted by Gasteiger charge is 2.21. The summed E-state index contributed by atoms with van der Waals surface area (Å²) in [5.74, 6) is -0.234. The molecular formula is C11H22N4O2. The Balaban J connectivity index is 4.25. The third-order valence-electron chi connectivity index (χ3n) is 2.24. The highest BCUT2D eigenvalue weighted by molar-refractivity contribution is 5.89. The van der Waals surface area contributed by atoms with E-state index in [1.165, 1.54) is 6.92 Å². The molecule has 1 atom stereocenters. The number of ketones is 1. The van der Waals surface area contributed by atoms with Crippen LogP contribution in [-0.2, 0) is 9.59 Å². The molecular weight excluding hydrogens is 220 g/mol. The fourth-order valence-corrected chi connectivity index (χ4v) is 1.44. The van der Waals surface area contributed by atoms with Crippen molar-refractivity contribution in [1.82, 2.24) is 5.32 Å². The molecule has 1 amide bonds. The van der Waals surface area contributed by atoms with E-state index in [0.29, 0.717) is 19.4 Å². The number of Topliss-reactive ketones (excluding diaryl/α,β-unsaturated/α-hetero) is 1. The number of nitrogens with one attached hydrogen (secondary N) is 1.